The van der Waals surface area contributed by atoms with Gasteiger partial charge in [-0.2, -0.15) is 0 Å². The maximum atomic E-state index is 12.5. The maximum Gasteiger partial charge on any atom is 0.227 e. The highest BCUT2D eigenvalue weighted by Crippen LogP contribution is 2.50. The molecule has 0 bridgehead atoms. The fourth-order valence-electron chi connectivity index (χ4n) is 3.24. The van der Waals surface area contributed by atoms with E-state index in [1.54, 1.807) is 0 Å². The third-order valence-electron chi connectivity index (χ3n) is 4.74. The zero-order chi connectivity index (χ0) is 13.9. The third-order valence-corrected chi connectivity index (χ3v) is 4.74. The quantitative estimate of drug-likeness (QED) is 0.770. The van der Waals surface area contributed by atoms with Crippen molar-refractivity contribution in [3.05, 3.63) is 0 Å². The van der Waals surface area contributed by atoms with Crippen molar-refractivity contribution in [2.24, 2.45) is 22.5 Å². The van der Waals surface area contributed by atoms with Crippen LogP contribution in [-0.4, -0.2) is 32.2 Å². The summed E-state index contributed by atoms with van der Waals surface area (Å²) in [5.74, 6) is 0.847. The van der Waals surface area contributed by atoms with Crippen LogP contribution in [0.25, 0.3) is 0 Å². The van der Waals surface area contributed by atoms with Gasteiger partial charge in [-0.1, -0.05) is 13.8 Å². The van der Waals surface area contributed by atoms with Gasteiger partial charge in [0.25, 0.3) is 0 Å². The summed E-state index contributed by atoms with van der Waals surface area (Å²) in [6.45, 7) is 7.07. The third kappa shape index (κ3) is 3.48. The summed E-state index contributed by atoms with van der Waals surface area (Å²) in [7, 11) is 0. The van der Waals surface area contributed by atoms with Crippen LogP contribution in [0.3, 0.4) is 0 Å². The van der Waals surface area contributed by atoms with E-state index in [4.69, 9.17) is 10.5 Å². The van der Waals surface area contributed by atoms with E-state index in [1.165, 1.54) is 19.3 Å². The van der Waals surface area contributed by atoms with Gasteiger partial charge in [0.15, 0.2) is 0 Å². The molecular weight excluding hydrogens is 240 g/mol. The molecule has 0 atom stereocenters. The Morgan fingerprint density at radius 1 is 1.26 bits per heavy atom. The van der Waals surface area contributed by atoms with Crippen LogP contribution in [-0.2, 0) is 9.53 Å². The van der Waals surface area contributed by atoms with E-state index in [9.17, 15) is 4.79 Å². The van der Waals surface area contributed by atoms with Gasteiger partial charge >= 0.3 is 0 Å². The van der Waals surface area contributed by atoms with E-state index in [2.05, 4.69) is 19.2 Å². The molecule has 0 aromatic rings. The lowest BCUT2D eigenvalue weighted by Gasteiger charge is -2.35. The molecule has 2 aliphatic rings. The molecule has 0 aromatic carbocycles. The van der Waals surface area contributed by atoms with E-state index < -0.39 is 0 Å². The fraction of sp³-hybridized carbons (Fsp3) is 0.933. The van der Waals surface area contributed by atoms with Crippen molar-refractivity contribution < 1.29 is 9.53 Å². The number of amides is 1. The fourth-order valence-corrected chi connectivity index (χ4v) is 3.24. The van der Waals surface area contributed by atoms with Crippen LogP contribution in [0.15, 0.2) is 0 Å². The smallest absolute Gasteiger partial charge is 0.227 e. The molecule has 1 saturated carbocycles. The number of hydrogen-bond acceptors (Lipinski definition) is 3. The Hall–Kier alpha value is -0.610. The van der Waals surface area contributed by atoms with Crippen molar-refractivity contribution in [1.82, 2.24) is 5.32 Å². The monoisotopic (exact) mass is 268 g/mol. The summed E-state index contributed by atoms with van der Waals surface area (Å²) in [5.41, 5.74) is 5.86. The van der Waals surface area contributed by atoms with E-state index in [0.29, 0.717) is 31.1 Å². The number of hydrogen-bond donors (Lipinski definition) is 2. The van der Waals surface area contributed by atoms with Crippen molar-refractivity contribution in [3.8, 4) is 0 Å². The molecule has 1 amide bonds. The van der Waals surface area contributed by atoms with Crippen LogP contribution >= 0.6 is 0 Å². The summed E-state index contributed by atoms with van der Waals surface area (Å²) < 4.78 is 5.35. The van der Waals surface area contributed by atoms with E-state index >= 15 is 0 Å². The van der Waals surface area contributed by atoms with Gasteiger partial charge in [-0.05, 0) is 43.4 Å². The maximum absolute atomic E-state index is 12.5. The molecule has 19 heavy (non-hydrogen) atoms. The van der Waals surface area contributed by atoms with Crippen LogP contribution in [0.5, 0.6) is 0 Å². The molecule has 0 unspecified atom stereocenters. The van der Waals surface area contributed by atoms with Crippen molar-refractivity contribution in [3.63, 3.8) is 0 Å². The molecule has 2 fully saturated rings. The van der Waals surface area contributed by atoms with Crippen LogP contribution < -0.4 is 11.1 Å². The molecule has 4 nitrogen and oxygen atoms in total. The zero-order valence-corrected chi connectivity index (χ0v) is 12.3. The van der Waals surface area contributed by atoms with E-state index in [0.717, 1.165) is 19.4 Å². The number of nitrogens with two attached hydrogens (primary N) is 1. The van der Waals surface area contributed by atoms with Gasteiger partial charge in [0.05, 0.1) is 5.41 Å². The molecule has 1 saturated heterocycles. The molecule has 110 valence electrons. The predicted molar refractivity (Wildman–Crippen MR) is 75.7 cm³/mol. The van der Waals surface area contributed by atoms with Gasteiger partial charge in [-0.15, -0.1) is 0 Å². The molecule has 1 heterocycles. The Kier molecular flexibility index (Phi) is 4.51. The minimum atomic E-state index is -0.383. The lowest BCUT2D eigenvalue weighted by atomic mass is 9.79. The molecule has 0 radical (unpaired) electrons. The largest absolute Gasteiger partial charge is 0.381 e. The van der Waals surface area contributed by atoms with Crippen molar-refractivity contribution in [2.75, 3.05) is 26.3 Å². The van der Waals surface area contributed by atoms with Gasteiger partial charge in [-0.3, -0.25) is 4.79 Å². The Bertz CT molecular complexity index is 318. The highest BCUT2D eigenvalue weighted by atomic mass is 16.5. The molecule has 1 aliphatic heterocycles. The summed E-state index contributed by atoms with van der Waals surface area (Å²) in [5, 5.41) is 3.18. The predicted octanol–water partition coefficient (Wildman–Crippen LogP) is 1.68. The second kappa shape index (κ2) is 5.80. The average Bonchev–Trinajstić information content (AvgIpc) is 3.16. The van der Waals surface area contributed by atoms with Gasteiger partial charge in [-0.25, -0.2) is 0 Å². The van der Waals surface area contributed by atoms with Crippen LogP contribution in [0.1, 0.15) is 46.0 Å². The van der Waals surface area contributed by atoms with Gasteiger partial charge < -0.3 is 15.8 Å². The lowest BCUT2D eigenvalue weighted by molar-refractivity contribution is -0.136. The summed E-state index contributed by atoms with van der Waals surface area (Å²) in [6, 6.07) is 0. The summed E-state index contributed by atoms with van der Waals surface area (Å²) in [6.07, 6.45) is 5.24. The molecule has 3 N–H and O–H groups in total. The molecule has 0 spiro atoms. The first-order chi connectivity index (χ1) is 9.02. The van der Waals surface area contributed by atoms with E-state index in [-0.39, 0.29) is 11.3 Å². The van der Waals surface area contributed by atoms with Gasteiger partial charge in [0, 0.05) is 26.3 Å². The van der Waals surface area contributed by atoms with Crippen LogP contribution in [0.2, 0.25) is 0 Å². The molecule has 2 rings (SSSR count). The minimum Gasteiger partial charge on any atom is -0.381 e. The van der Waals surface area contributed by atoms with Crippen molar-refractivity contribution in [1.29, 1.82) is 0 Å². The first-order valence-corrected chi connectivity index (χ1v) is 7.58. The zero-order valence-electron chi connectivity index (χ0n) is 12.3. The second-order valence-corrected chi connectivity index (χ2v) is 6.88. The van der Waals surface area contributed by atoms with Gasteiger partial charge in [0.1, 0.15) is 0 Å². The molecule has 1 aliphatic carbocycles. The lowest BCUT2D eigenvalue weighted by Crippen LogP contribution is -2.50. The Morgan fingerprint density at radius 2 is 1.89 bits per heavy atom. The molecule has 0 aromatic heterocycles. The molecular formula is C15H28N2O2. The normalized spacial score (nSPS) is 24.2. The standard InChI is InChI=1S/C15H28N2O2/c1-12(2)9-14(3-4-14)11-17-13(18)15(10-16)5-7-19-8-6-15/h12H,3-11,16H2,1-2H3,(H,17,18). The minimum absolute atomic E-state index is 0.147. The highest BCUT2D eigenvalue weighted by Gasteiger charge is 2.45. The van der Waals surface area contributed by atoms with Crippen molar-refractivity contribution in [2.45, 2.75) is 46.0 Å². The number of carbonyl (C=O) groups excluding carboxylic acids is 1. The second-order valence-electron chi connectivity index (χ2n) is 6.88. The first kappa shape index (κ1) is 14.8. The highest BCUT2D eigenvalue weighted by molar-refractivity contribution is 5.83. The average molecular weight is 268 g/mol. The Morgan fingerprint density at radius 3 is 2.37 bits per heavy atom. The summed E-state index contributed by atoms with van der Waals surface area (Å²) >= 11 is 0. The van der Waals surface area contributed by atoms with E-state index in [1.807, 2.05) is 0 Å². The SMILES string of the molecule is CC(C)CC1(CNC(=O)C2(CN)CCOCC2)CC1. The number of carbonyl (C=O) groups is 1. The Balaban J connectivity index is 1.86. The number of nitrogens with one attached hydrogen (secondary N) is 1. The Labute approximate surface area is 116 Å². The molecule has 4 heteroatoms. The van der Waals surface area contributed by atoms with Crippen LogP contribution in [0, 0.1) is 16.7 Å². The van der Waals surface area contributed by atoms with Crippen molar-refractivity contribution >= 4 is 5.91 Å². The topological polar surface area (TPSA) is 64.4 Å². The first-order valence-electron chi connectivity index (χ1n) is 7.58. The van der Waals surface area contributed by atoms with Gasteiger partial charge in [0.2, 0.25) is 5.91 Å². The summed E-state index contributed by atoms with van der Waals surface area (Å²) in [4.78, 5) is 12.5. The van der Waals surface area contributed by atoms with Crippen LogP contribution in [0.4, 0.5) is 0 Å². The number of ether oxygens (including phenoxy) is 1. The number of rotatable bonds is 6.